The minimum absolute atomic E-state index is 0.210. The van der Waals surface area contributed by atoms with Crippen molar-refractivity contribution in [2.24, 2.45) is 0 Å². The molecule has 0 N–H and O–H groups in total. The van der Waals surface area contributed by atoms with Gasteiger partial charge in [0.25, 0.3) is 0 Å². The van der Waals surface area contributed by atoms with Gasteiger partial charge in [-0.3, -0.25) is 4.90 Å². The van der Waals surface area contributed by atoms with Crippen molar-refractivity contribution in [3.8, 4) is 0 Å². The van der Waals surface area contributed by atoms with Crippen molar-refractivity contribution in [2.75, 3.05) is 13.1 Å². The standard InChI is InChI=1S/C19H22FNO2/c1-3-21(4-2)13-15-5-7-16(8-6-15)14-23-19(22)17-9-11-18(20)12-10-17/h5-12H,3-4,13-14H2,1-2H3. The molecule has 0 unspecified atom stereocenters. The number of hydrogen-bond donors (Lipinski definition) is 0. The largest absolute Gasteiger partial charge is 0.457 e. The second-order valence-corrected chi connectivity index (χ2v) is 5.36. The van der Waals surface area contributed by atoms with Gasteiger partial charge in [0, 0.05) is 6.54 Å². The molecule has 23 heavy (non-hydrogen) atoms. The van der Waals surface area contributed by atoms with Crippen LogP contribution in [0.1, 0.15) is 35.3 Å². The molecule has 0 bridgehead atoms. The molecule has 0 saturated heterocycles. The molecule has 3 nitrogen and oxygen atoms in total. The summed E-state index contributed by atoms with van der Waals surface area (Å²) < 4.78 is 18.1. The van der Waals surface area contributed by atoms with Crippen LogP contribution in [0, 0.1) is 5.82 Å². The van der Waals surface area contributed by atoms with E-state index >= 15 is 0 Å². The van der Waals surface area contributed by atoms with Crippen LogP contribution in [-0.2, 0) is 17.9 Å². The molecule has 0 amide bonds. The monoisotopic (exact) mass is 315 g/mol. The number of benzene rings is 2. The molecule has 2 rings (SSSR count). The Morgan fingerprint density at radius 3 is 2.09 bits per heavy atom. The van der Waals surface area contributed by atoms with Crippen molar-refractivity contribution in [2.45, 2.75) is 27.0 Å². The Morgan fingerprint density at radius 2 is 1.52 bits per heavy atom. The number of carbonyl (C=O) groups is 1. The molecule has 2 aromatic carbocycles. The third kappa shape index (κ3) is 5.18. The molecule has 0 radical (unpaired) electrons. The van der Waals surface area contributed by atoms with Gasteiger partial charge < -0.3 is 4.74 Å². The third-order valence-electron chi connectivity index (χ3n) is 3.77. The van der Waals surface area contributed by atoms with Gasteiger partial charge in [-0.05, 0) is 48.5 Å². The second kappa shape index (κ2) is 8.44. The molecule has 2 aromatic rings. The van der Waals surface area contributed by atoms with Crippen molar-refractivity contribution in [1.82, 2.24) is 4.90 Å². The highest BCUT2D eigenvalue weighted by molar-refractivity contribution is 5.89. The first-order valence-corrected chi connectivity index (χ1v) is 7.85. The first-order valence-electron chi connectivity index (χ1n) is 7.85. The van der Waals surface area contributed by atoms with Gasteiger partial charge in [0.1, 0.15) is 12.4 Å². The molecule has 0 aliphatic rings. The van der Waals surface area contributed by atoms with E-state index in [0.29, 0.717) is 5.56 Å². The summed E-state index contributed by atoms with van der Waals surface area (Å²) in [4.78, 5) is 14.2. The maximum atomic E-state index is 12.8. The fourth-order valence-corrected chi connectivity index (χ4v) is 2.26. The molecule has 122 valence electrons. The minimum atomic E-state index is -0.447. The lowest BCUT2D eigenvalue weighted by molar-refractivity contribution is 0.0472. The quantitative estimate of drug-likeness (QED) is 0.723. The van der Waals surface area contributed by atoms with E-state index in [0.717, 1.165) is 25.2 Å². The summed E-state index contributed by atoms with van der Waals surface area (Å²) >= 11 is 0. The second-order valence-electron chi connectivity index (χ2n) is 5.36. The fraction of sp³-hybridized carbons (Fsp3) is 0.316. The fourth-order valence-electron chi connectivity index (χ4n) is 2.26. The Morgan fingerprint density at radius 1 is 0.957 bits per heavy atom. The highest BCUT2D eigenvalue weighted by Crippen LogP contribution is 2.10. The Kier molecular flexibility index (Phi) is 6.29. The van der Waals surface area contributed by atoms with Crippen molar-refractivity contribution < 1.29 is 13.9 Å². The van der Waals surface area contributed by atoms with E-state index in [-0.39, 0.29) is 12.4 Å². The maximum absolute atomic E-state index is 12.8. The van der Waals surface area contributed by atoms with Crippen LogP contribution in [0.15, 0.2) is 48.5 Å². The molecular weight excluding hydrogens is 293 g/mol. The zero-order valence-electron chi connectivity index (χ0n) is 13.6. The number of rotatable bonds is 7. The SMILES string of the molecule is CCN(CC)Cc1ccc(COC(=O)c2ccc(F)cc2)cc1. The van der Waals surface area contributed by atoms with Gasteiger partial charge >= 0.3 is 5.97 Å². The van der Waals surface area contributed by atoms with E-state index < -0.39 is 5.97 Å². The van der Waals surface area contributed by atoms with E-state index in [1.54, 1.807) is 0 Å². The van der Waals surface area contributed by atoms with Crippen LogP contribution < -0.4 is 0 Å². The number of ether oxygens (including phenoxy) is 1. The van der Waals surface area contributed by atoms with Crippen LogP contribution in [0.4, 0.5) is 4.39 Å². The molecule has 0 aliphatic carbocycles. The zero-order valence-corrected chi connectivity index (χ0v) is 13.6. The van der Waals surface area contributed by atoms with Crippen molar-refractivity contribution in [1.29, 1.82) is 0 Å². The lowest BCUT2D eigenvalue weighted by atomic mass is 10.1. The predicted octanol–water partition coefficient (Wildman–Crippen LogP) is 4.02. The third-order valence-corrected chi connectivity index (χ3v) is 3.77. The van der Waals surface area contributed by atoms with Crippen LogP contribution in [0.2, 0.25) is 0 Å². The lowest BCUT2D eigenvalue weighted by Gasteiger charge is -2.18. The van der Waals surface area contributed by atoms with Gasteiger partial charge in [0.05, 0.1) is 5.56 Å². The number of esters is 1. The highest BCUT2D eigenvalue weighted by atomic mass is 19.1. The Bertz CT molecular complexity index is 619. The van der Waals surface area contributed by atoms with Gasteiger partial charge in [0.15, 0.2) is 0 Å². The highest BCUT2D eigenvalue weighted by Gasteiger charge is 2.07. The molecule has 0 aromatic heterocycles. The van der Waals surface area contributed by atoms with Crippen molar-refractivity contribution >= 4 is 5.97 Å². The molecule has 0 fully saturated rings. The summed E-state index contributed by atoms with van der Waals surface area (Å²) in [6, 6.07) is 13.4. The molecular formula is C19H22FNO2. The normalized spacial score (nSPS) is 10.8. The summed E-state index contributed by atoms with van der Waals surface area (Å²) in [6.07, 6.45) is 0. The van der Waals surface area contributed by atoms with Gasteiger partial charge in [-0.2, -0.15) is 0 Å². The van der Waals surface area contributed by atoms with Crippen LogP contribution >= 0.6 is 0 Å². The Balaban J connectivity index is 1.88. The first-order chi connectivity index (χ1) is 11.1. The molecule has 0 saturated carbocycles. The number of nitrogens with zero attached hydrogens (tertiary/aromatic N) is 1. The average Bonchev–Trinajstić information content (AvgIpc) is 2.59. The predicted molar refractivity (Wildman–Crippen MR) is 88.6 cm³/mol. The molecule has 0 heterocycles. The van der Waals surface area contributed by atoms with Crippen LogP contribution in [-0.4, -0.2) is 24.0 Å². The number of halogens is 1. The number of hydrogen-bond acceptors (Lipinski definition) is 3. The Hall–Kier alpha value is -2.20. The van der Waals surface area contributed by atoms with Crippen molar-refractivity contribution in [3.63, 3.8) is 0 Å². The van der Waals surface area contributed by atoms with Crippen LogP contribution in [0.25, 0.3) is 0 Å². The Labute approximate surface area is 136 Å². The summed E-state index contributed by atoms with van der Waals surface area (Å²) in [5.74, 6) is -0.817. The summed E-state index contributed by atoms with van der Waals surface area (Å²) in [7, 11) is 0. The maximum Gasteiger partial charge on any atom is 0.338 e. The van der Waals surface area contributed by atoms with Gasteiger partial charge in [-0.25, -0.2) is 9.18 Å². The van der Waals surface area contributed by atoms with Crippen LogP contribution in [0.3, 0.4) is 0 Å². The first kappa shape index (κ1) is 17.2. The topological polar surface area (TPSA) is 29.5 Å². The van der Waals surface area contributed by atoms with Gasteiger partial charge in [0.2, 0.25) is 0 Å². The molecule has 0 aliphatic heterocycles. The van der Waals surface area contributed by atoms with E-state index in [1.165, 1.54) is 29.8 Å². The smallest absolute Gasteiger partial charge is 0.338 e. The zero-order chi connectivity index (χ0) is 16.7. The van der Waals surface area contributed by atoms with E-state index in [9.17, 15) is 9.18 Å². The van der Waals surface area contributed by atoms with E-state index in [2.05, 4.69) is 30.9 Å². The summed E-state index contributed by atoms with van der Waals surface area (Å²) in [5.41, 5.74) is 2.52. The molecule has 0 atom stereocenters. The molecule has 4 heteroatoms. The van der Waals surface area contributed by atoms with Gasteiger partial charge in [-0.1, -0.05) is 38.1 Å². The summed E-state index contributed by atoms with van der Waals surface area (Å²) in [6.45, 7) is 7.46. The van der Waals surface area contributed by atoms with Gasteiger partial charge in [-0.15, -0.1) is 0 Å². The van der Waals surface area contributed by atoms with Crippen LogP contribution in [0.5, 0.6) is 0 Å². The molecule has 0 spiro atoms. The number of carbonyl (C=O) groups excluding carboxylic acids is 1. The van der Waals surface area contributed by atoms with E-state index in [4.69, 9.17) is 4.74 Å². The minimum Gasteiger partial charge on any atom is -0.457 e. The van der Waals surface area contributed by atoms with E-state index in [1.807, 2.05) is 12.1 Å². The van der Waals surface area contributed by atoms with Crippen molar-refractivity contribution in [3.05, 3.63) is 71.0 Å². The lowest BCUT2D eigenvalue weighted by Crippen LogP contribution is -2.22. The average molecular weight is 315 g/mol. The summed E-state index contributed by atoms with van der Waals surface area (Å²) in [5, 5.41) is 0.